The summed E-state index contributed by atoms with van der Waals surface area (Å²) in [4.78, 5) is 35.7. The lowest BCUT2D eigenvalue weighted by Crippen LogP contribution is -2.30. The lowest BCUT2D eigenvalue weighted by molar-refractivity contribution is -0.162. The number of hydrogen-bond acceptors (Lipinski definition) is 8. The van der Waals surface area contributed by atoms with Gasteiger partial charge in [0.15, 0.2) is 6.10 Å². The number of rotatable bonds is 37. The van der Waals surface area contributed by atoms with Crippen LogP contribution in [0.3, 0.4) is 0 Å². The van der Waals surface area contributed by atoms with Crippen LogP contribution in [0.15, 0.2) is 0 Å². The molecule has 0 rings (SSSR count). The molecule has 0 aliphatic rings. The van der Waals surface area contributed by atoms with Gasteiger partial charge in [-0.25, -0.2) is 4.57 Å². The summed E-state index contributed by atoms with van der Waals surface area (Å²) < 4.78 is 33.3. The third kappa shape index (κ3) is 34.7. The average molecular weight is 804 g/mol. The van der Waals surface area contributed by atoms with Gasteiger partial charge in [-0.3, -0.25) is 18.6 Å². The largest absolute Gasteiger partial charge is 0.472 e. The Hall–Kier alpha value is -0.990. The Balaban J connectivity index is 4.65. The number of phosphoric acid groups is 1. The van der Waals surface area contributed by atoms with E-state index in [9.17, 15) is 19.0 Å². The summed E-state index contributed by atoms with van der Waals surface area (Å²) >= 11 is 0. The van der Waals surface area contributed by atoms with Crippen molar-refractivity contribution in [3.05, 3.63) is 0 Å². The maximum absolute atomic E-state index is 12.9. The molecule has 8 unspecified atom stereocenters. The average Bonchev–Trinajstić information content (AvgIpc) is 3.08. The summed E-state index contributed by atoms with van der Waals surface area (Å²) in [6.45, 7) is 21.9. The fraction of sp³-hybridized carbons (Fsp3) is 0.956. The summed E-state index contributed by atoms with van der Waals surface area (Å²) in [5.74, 6) is 3.95. The lowest BCUT2D eigenvalue weighted by atomic mass is 9.91. The minimum atomic E-state index is -4.40. The van der Waals surface area contributed by atoms with Gasteiger partial charge in [-0.2, -0.15) is 0 Å². The smallest absolute Gasteiger partial charge is 0.462 e. The molecule has 0 heterocycles. The van der Waals surface area contributed by atoms with Gasteiger partial charge in [-0.05, 0) is 47.3 Å². The Morgan fingerprint density at radius 3 is 1.22 bits per heavy atom. The molecule has 3 N–H and O–H groups in total. The van der Waals surface area contributed by atoms with Crippen LogP contribution in [0.5, 0.6) is 0 Å². The number of ether oxygens (including phenoxy) is 2. The Kier molecular flexibility index (Phi) is 32.3. The zero-order valence-electron chi connectivity index (χ0n) is 37.5. The van der Waals surface area contributed by atoms with Gasteiger partial charge in [0.05, 0.1) is 13.2 Å². The van der Waals surface area contributed by atoms with Gasteiger partial charge in [-0.15, -0.1) is 0 Å². The van der Waals surface area contributed by atoms with Crippen molar-refractivity contribution >= 4 is 19.8 Å². The second-order valence-corrected chi connectivity index (χ2v) is 20.0. The van der Waals surface area contributed by atoms with Gasteiger partial charge < -0.3 is 20.1 Å². The molecule has 0 aromatic rings. The molecule has 0 amide bonds. The van der Waals surface area contributed by atoms with Gasteiger partial charge >= 0.3 is 19.8 Å². The number of phosphoric ester groups is 1. The number of esters is 2. The second kappa shape index (κ2) is 32.9. The van der Waals surface area contributed by atoms with E-state index in [0.29, 0.717) is 11.8 Å². The van der Waals surface area contributed by atoms with Gasteiger partial charge in [0, 0.05) is 19.4 Å². The number of carbonyl (C=O) groups is 2. The van der Waals surface area contributed by atoms with Crippen LogP contribution in [0.4, 0.5) is 0 Å². The molecule has 328 valence electrons. The molecule has 55 heavy (non-hydrogen) atoms. The van der Waals surface area contributed by atoms with Crippen molar-refractivity contribution in [2.24, 2.45) is 53.1 Å². The van der Waals surface area contributed by atoms with E-state index in [1.807, 2.05) is 6.92 Å². The van der Waals surface area contributed by atoms with E-state index >= 15 is 0 Å². The number of hydrogen-bond donors (Lipinski definition) is 2. The fourth-order valence-electron chi connectivity index (χ4n) is 7.34. The Labute approximate surface area is 339 Å². The topological polar surface area (TPSA) is 134 Å². The minimum Gasteiger partial charge on any atom is -0.462 e. The predicted molar refractivity (Wildman–Crippen MR) is 229 cm³/mol. The lowest BCUT2D eigenvalue weighted by Gasteiger charge is -2.21. The van der Waals surface area contributed by atoms with Crippen molar-refractivity contribution in [3.63, 3.8) is 0 Å². The zero-order chi connectivity index (χ0) is 41.6. The van der Waals surface area contributed by atoms with Crippen LogP contribution >= 0.6 is 7.82 Å². The van der Waals surface area contributed by atoms with Crippen LogP contribution in [0.1, 0.15) is 198 Å². The van der Waals surface area contributed by atoms with Crippen LogP contribution in [-0.2, 0) is 32.7 Å². The van der Waals surface area contributed by atoms with Crippen LogP contribution in [0.2, 0.25) is 0 Å². The van der Waals surface area contributed by atoms with Crippen LogP contribution < -0.4 is 5.73 Å². The standard InChI is InChI=1S/C45H90NO8P/c1-35(2)17-11-19-37(5)21-13-23-39(7)25-15-27-41(9)31-44(47)51-33-43(34-53-55(49,50)52-30-29-46)54-45(48)32-42(10)28-16-26-40(8)24-14-22-38(6)20-12-18-36(3)4/h35-43H,11-34,46H2,1-10H3,(H,49,50). The summed E-state index contributed by atoms with van der Waals surface area (Å²) in [5, 5.41) is 0. The second-order valence-electron chi connectivity index (χ2n) is 18.6. The maximum Gasteiger partial charge on any atom is 0.472 e. The van der Waals surface area contributed by atoms with E-state index in [1.165, 1.54) is 77.0 Å². The van der Waals surface area contributed by atoms with Gasteiger partial charge in [0.1, 0.15) is 6.61 Å². The van der Waals surface area contributed by atoms with E-state index in [2.05, 4.69) is 62.3 Å². The molecule has 0 bridgehead atoms. The molecule has 0 radical (unpaired) electrons. The highest BCUT2D eigenvalue weighted by Gasteiger charge is 2.27. The summed E-state index contributed by atoms with van der Waals surface area (Å²) in [7, 11) is -4.40. The summed E-state index contributed by atoms with van der Waals surface area (Å²) in [6, 6.07) is 0. The zero-order valence-corrected chi connectivity index (χ0v) is 38.4. The van der Waals surface area contributed by atoms with Crippen LogP contribution in [-0.4, -0.2) is 49.3 Å². The molecule has 0 aromatic carbocycles. The Morgan fingerprint density at radius 2 is 0.855 bits per heavy atom. The third-order valence-corrected chi connectivity index (χ3v) is 12.1. The molecule has 0 aliphatic heterocycles. The monoisotopic (exact) mass is 804 g/mol. The molecule has 0 fully saturated rings. The van der Waals surface area contributed by atoms with Crippen molar-refractivity contribution < 1.29 is 37.6 Å². The fourth-order valence-corrected chi connectivity index (χ4v) is 8.10. The minimum absolute atomic E-state index is 0.0490. The number of nitrogens with two attached hydrogens (primary N) is 1. The molecule has 0 spiro atoms. The molecule has 0 saturated heterocycles. The van der Waals surface area contributed by atoms with E-state index in [4.69, 9.17) is 24.3 Å². The van der Waals surface area contributed by atoms with Crippen molar-refractivity contribution in [3.8, 4) is 0 Å². The number of carbonyl (C=O) groups excluding carboxylic acids is 2. The van der Waals surface area contributed by atoms with E-state index < -0.39 is 26.5 Å². The Morgan fingerprint density at radius 1 is 0.509 bits per heavy atom. The molecule has 8 atom stereocenters. The molecular weight excluding hydrogens is 713 g/mol. The molecule has 9 nitrogen and oxygen atoms in total. The van der Waals surface area contributed by atoms with Crippen molar-refractivity contribution in [2.45, 2.75) is 204 Å². The summed E-state index contributed by atoms with van der Waals surface area (Å²) in [6.07, 6.45) is 21.3. The van der Waals surface area contributed by atoms with E-state index in [-0.39, 0.29) is 50.4 Å². The molecular formula is C45H90NO8P. The van der Waals surface area contributed by atoms with Crippen LogP contribution in [0, 0.1) is 47.3 Å². The maximum atomic E-state index is 12.9. The van der Waals surface area contributed by atoms with Gasteiger partial charge in [0.2, 0.25) is 0 Å². The van der Waals surface area contributed by atoms with Crippen LogP contribution in [0.25, 0.3) is 0 Å². The van der Waals surface area contributed by atoms with E-state index in [1.54, 1.807) is 0 Å². The van der Waals surface area contributed by atoms with Crippen molar-refractivity contribution in [1.82, 2.24) is 0 Å². The highest BCUT2D eigenvalue weighted by Crippen LogP contribution is 2.43. The normalized spacial score (nSPS) is 17.0. The molecule has 0 aliphatic carbocycles. The third-order valence-electron chi connectivity index (χ3n) is 11.1. The molecule has 0 aromatic heterocycles. The SMILES string of the molecule is CC(C)CCCC(C)CCCC(C)CCCC(C)CC(=O)OCC(COP(=O)(O)OCCN)OC(=O)CC(C)CCCC(C)CCCC(C)CCCC(C)C. The quantitative estimate of drug-likeness (QED) is 0.0465. The van der Waals surface area contributed by atoms with Gasteiger partial charge in [0.25, 0.3) is 0 Å². The first kappa shape index (κ1) is 54.0. The van der Waals surface area contributed by atoms with Crippen molar-refractivity contribution in [2.75, 3.05) is 26.4 Å². The molecule has 0 saturated carbocycles. The Bertz CT molecular complexity index is 994. The van der Waals surface area contributed by atoms with Gasteiger partial charge in [-0.1, -0.05) is 185 Å². The van der Waals surface area contributed by atoms with Crippen molar-refractivity contribution in [1.29, 1.82) is 0 Å². The van der Waals surface area contributed by atoms with E-state index in [0.717, 1.165) is 62.2 Å². The highest BCUT2D eigenvalue weighted by molar-refractivity contribution is 7.47. The first-order valence-electron chi connectivity index (χ1n) is 22.6. The first-order valence-corrected chi connectivity index (χ1v) is 24.1. The summed E-state index contributed by atoms with van der Waals surface area (Å²) in [5.41, 5.74) is 5.38. The predicted octanol–water partition coefficient (Wildman–Crippen LogP) is 12.5. The highest BCUT2D eigenvalue weighted by atomic mass is 31.2. The first-order chi connectivity index (χ1) is 25.9. The molecule has 10 heteroatoms.